The zero-order valence-corrected chi connectivity index (χ0v) is 22.4. The molecule has 36 heavy (non-hydrogen) atoms. The summed E-state index contributed by atoms with van der Waals surface area (Å²) >= 11 is 0. The molecule has 1 aliphatic carbocycles. The lowest BCUT2D eigenvalue weighted by atomic mass is 9.84. The topological polar surface area (TPSA) is 102 Å². The smallest absolute Gasteiger partial charge is 0.245 e. The minimum atomic E-state index is -0.683. The van der Waals surface area contributed by atoms with E-state index in [0.29, 0.717) is 25.4 Å². The number of amides is 3. The minimum absolute atomic E-state index is 0.0722. The molecule has 0 aromatic heterocycles. The highest BCUT2D eigenvalue weighted by Gasteiger charge is 2.38. The maximum atomic E-state index is 13.6. The molecule has 1 saturated carbocycles. The first-order valence-corrected chi connectivity index (χ1v) is 13.4. The van der Waals surface area contributed by atoms with Crippen LogP contribution in [0.25, 0.3) is 0 Å². The molecule has 1 aromatic carbocycles. The van der Waals surface area contributed by atoms with E-state index in [4.69, 9.17) is 5.21 Å². The summed E-state index contributed by atoms with van der Waals surface area (Å²) in [6, 6.07) is 7.86. The lowest BCUT2D eigenvalue weighted by Crippen LogP contribution is -2.59. The predicted molar refractivity (Wildman–Crippen MR) is 139 cm³/mol. The number of nitrogens with one attached hydrogen (secondary N) is 2. The number of carbonyl (C=O) groups excluding carboxylic acids is 3. The fraction of sp³-hybridized carbons (Fsp3) is 0.679. The lowest BCUT2D eigenvalue weighted by molar-refractivity contribution is -0.142. The van der Waals surface area contributed by atoms with Crippen molar-refractivity contribution < 1.29 is 19.6 Å². The van der Waals surface area contributed by atoms with Crippen molar-refractivity contribution in [2.75, 3.05) is 26.2 Å². The van der Waals surface area contributed by atoms with Gasteiger partial charge < -0.3 is 10.2 Å². The molecule has 3 rings (SSSR count). The van der Waals surface area contributed by atoms with E-state index in [0.717, 1.165) is 45.3 Å². The Balaban J connectivity index is 1.61. The fourth-order valence-corrected chi connectivity index (χ4v) is 5.37. The molecule has 2 atom stereocenters. The second-order valence-electron chi connectivity index (χ2n) is 11.7. The van der Waals surface area contributed by atoms with Crippen molar-refractivity contribution in [1.82, 2.24) is 20.6 Å². The third kappa shape index (κ3) is 8.03. The molecule has 3 amide bonds. The molecule has 3 N–H and O–H groups in total. The number of carbonyl (C=O) groups is 3. The number of hydrogen-bond acceptors (Lipinski definition) is 5. The van der Waals surface area contributed by atoms with E-state index in [1.807, 2.05) is 25.7 Å². The van der Waals surface area contributed by atoms with Crippen molar-refractivity contribution in [2.45, 2.75) is 78.8 Å². The summed E-state index contributed by atoms with van der Waals surface area (Å²) < 4.78 is 0. The Hall–Kier alpha value is -2.45. The van der Waals surface area contributed by atoms with Gasteiger partial charge in [0.1, 0.15) is 6.04 Å². The summed E-state index contributed by atoms with van der Waals surface area (Å²) in [6.45, 7) is 11.6. The van der Waals surface area contributed by atoms with Crippen molar-refractivity contribution in [1.29, 1.82) is 0 Å². The van der Waals surface area contributed by atoms with Gasteiger partial charge in [-0.1, -0.05) is 76.3 Å². The molecule has 0 bridgehead atoms. The highest BCUT2D eigenvalue weighted by Crippen LogP contribution is 2.32. The predicted octanol–water partition coefficient (Wildman–Crippen LogP) is 3.26. The molecule has 2 aliphatic rings. The Bertz CT molecular complexity index is 882. The molecule has 1 aromatic rings. The summed E-state index contributed by atoms with van der Waals surface area (Å²) in [4.78, 5) is 43.1. The molecule has 1 aliphatic heterocycles. The van der Waals surface area contributed by atoms with Crippen LogP contribution in [0.15, 0.2) is 24.3 Å². The summed E-state index contributed by atoms with van der Waals surface area (Å²) in [5.74, 6) is -1.09. The van der Waals surface area contributed by atoms with E-state index < -0.39 is 23.3 Å². The number of hydrogen-bond donors (Lipinski definition) is 3. The molecular formula is C28H44N4O4. The van der Waals surface area contributed by atoms with Crippen LogP contribution in [-0.2, 0) is 20.9 Å². The van der Waals surface area contributed by atoms with Gasteiger partial charge in [-0.3, -0.25) is 24.5 Å². The van der Waals surface area contributed by atoms with E-state index in [1.54, 1.807) is 5.48 Å². The molecule has 1 saturated heterocycles. The second-order valence-corrected chi connectivity index (χ2v) is 11.7. The van der Waals surface area contributed by atoms with E-state index in [9.17, 15) is 14.4 Å². The van der Waals surface area contributed by atoms with Gasteiger partial charge in [-0.05, 0) is 30.2 Å². The quantitative estimate of drug-likeness (QED) is 0.357. The molecule has 0 radical (unpaired) electrons. The van der Waals surface area contributed by atoms with Crippen LogP contribution in [0.5, 0.6) is 0 Å². The van der Waals surface area contributed by atoms with Crippen LogP contribution in [0.4, 0.5) is 0 Å². The average molecular weight is 501 g/mol. The molecule has 1 heterocycles. The van der Waals surface area contributed by atoms with Gasteiger partial charge in [0.05, 0.1) is 0 Å². The normalized spacial score (nSPS) is 19.1. The Morgan fingerprint density at radius 3 is 2.19 bits per heavy atom. The van der Waals surface area contributed by atoms with Crippen molar-refractivity contribution in [2.24, 2.45) is 17.3 Å². The largest absolute Gasteiger partial charge is 0.344 e. The SMILES string of the molecule is Cc1ccc(CN2CCN(C(=O)C(NC(=O)C(CC(=O)NO)CC3CCCC3)C(C)(C)C)CC2)cc1. The molecular weight excluding hydrogens is 456 g/mol. The lowest BCUT2D eigenvalue weighted by Gasteiger charge is -2.40. The molecule has 2 fully saturated rings. The van der Waals surface area contributed by atoms with E-state index >= 15 is 0 Å². The van der Waals surface area contributed by atoms with E-state index in [1.165, 1.54) is 11.1 Å². The van der Waals surface area contributed by atoms with Crippen molar-refractivity contribution >= 4 is 17.7 Å². The van der Waals surface area contributed by atoms with Crippen LogP contribution in [-0.4, -0.2) is 64.9 Å². The first-order chi connectivity index (χ1) is 17.1. The van der Waals surface area contributed by atoms with Gasteiger partial charge in [0.2, 0.25) is 17.7 Å². The van der Waals surface area contributed by atoms with E-state index in [2.05, 4.69) is 41.4 Å². The number of hydroxylamine groups is 1. The highest BCUT2D eigenvalue weighted by molar-refractivity contribution is 5.91. The Kier molecular flexibility index (Phi) is 9.91. The first kappa shape index (κ1) is 28.1. The van der Waals surface area contributed by atoms with Crippen LogP contribution >= 0.6 is 0 Å². The van der Waals surface area contributed by atoms with Crippen LogP contribution in [0.3, 0.4) is 0 Å². The first-order valence-electron chi connectivity index (χ1n) is 13.4. The van der Waals surface area contributed by atoms with Crippen molar-refractivity contribution in [3.8, 4) is 0 Å². The fourth-order valence-electron chi connectivity index (χ4n) is 5.37. The van der Waals surface area contributed by atoms with Gasteiger partial charge >= 0.3 is 0 Å². The molecule has 8 heteroatoms. The Morgan fingerprint density at radius 1 is 1.03 bits per heavy atom. The number of nitrogens with zero attached hydrogens (tertiary/aromatic N) is 2. The Morgan fingerprint density at radius 2 is 1.64 bits per heavy atom. The third-order valence-electron chi connectivity index (χ3n) is 7.63. The van der Waals surface area contributed by atoms with Gasteiger partial charge in [0, 0.05) is 45.1 Å². The maximum Gasteiger partial charge on any atom is 0.245 e. The number of benzene rings is 1. The van der Waals surface area contributed by atoms with Gasteiger partial charge in [-0.25, -0.2) is 5.48 Å². The summed E-state index contributed by atoms with van der Waals surface area (Å²) in [5.41, 5.74) is 3.68. The summed E-state index contributed by atoms with van der Waals surface area (Å²) in [6.07, 6.45) is 4.91. The number of aryl methyl sites for hydroxylation is 1. The maximum absolute atomic E-state index is 13.6. The summed E-state index contributed by atoms with van der Waals surface area (Å²) in [7, 11) is 0. The molecule has 200 valence electrons. The van der Waals surface area contributed by atoms with Crippen LogP contribution in [0, 0.1) is 24.2 Å². The van der Waals surface area contributed by atoms with Gasteiger partial charge in [-0.15, -0.1) is 0 Å². The van der Waals surface area contributed by atoms with Gasteiger partial charge in [0.15, 0.2) is 0 Å². The van der Waals surface area contributed by atoms with Gasteiger partial charge in [0.25, 0.3) is 0 Å². The monoisotopic (exact) mass is 500 g/mol. The van der Waals surface area contributed by atoms with Gasteiger partial charge in [-0.2, -0.15) is 0 Å². The number of rotatable bonds is 9. The zero-order chi connectivity index (χ0) is 26.3. The zero-order valence-electron chi connectivity index (χ0n) is 22.4. The summed E-state index contributed by atoms with van der Waals surface area (Å²) in [5, 5.41) is 12.0. The molecule has 0 spiro atoms. The minimum Gasteiger partial charge on any atom is -0.344 e. The second kappa shape index (κ2) is 12.7. The standard InChI is InChI=1S/C28H44N4O4/c1-20-9-11-22(12-10-20)19-31-13-15-32(16-14-31)27(35)25(28(2,3)4)29-26(34)23(18-24(33)30-36)17-21-7-5-6-8-21/h9-12,21,23,25,36H,5-8,13-19H2,1-4H3,(H,29,34)(H,30,33). The third-order valence-corrected chi connectivity index (χ3v) is 7.63. The highest BCUT2D eigenvalue weighted by atomic mass is 16.5. The van der Waals surface area contributed by atoms with Crippen molar-refractivity contribution in [3.63, 3.8) is 0 Å². The molecule has 8 nitrogen and oxygen atoms in total. The average Bonchev–Trinajstić information content (AvgIpc) is 3.36. The number of piperazine rings is 1. The molecule has 2 unspecified atom stereocenters. The van der Waals surface area contributed by atoms with Crippen LogP contribution in [0.2, 0.25) is 0 Å². The van der Waals surface area contributed by atoms with E-state index in [-0.39, 0.29) is 18.2 Å². The Labute approximate surface area is 215 Å². The van der Waals surface area contributed by atoms with Crippen molar-refractivity contribution in [3.05, 3.63) is 35.4 Å². The van der Waals surface area contributed by atoms with Crippen LogP contribution < -0.4 is 10.8 Å². The van der Waals surface area contributed by atoms with Crippen LogP contribution in [0.1, 0.15) is 70.4 Å².